The van der Waals surface area contributed by atoms with E-state index in [0.29, 0.717) is 0 Å². The topological polar surface area (TPSA) is 35.5 Å². The van der Waals surface area contributed by atoms with Gasteiger partial charge in [-0.3, -0.25) is 4.79 Å². The van der Waals surface area contributed by atoms with Gasteiger partial charge in [0.05, 0.1) is 12.0 Å². The van der Waals surface area contributed by atoms with Crippen LogP contribution in [0, 0.1) is 0 Å². The van der Waals surface area contributed by atoms with Crippen LogP contribution in [0.5, 0.6) is 5.75 Å². The number of thioether (sulfide) groups is 1. The van der Waals surface area contributed by atoms with Crippen LogP contribution in [-0.4, -0.2) is 24.9 Å². The van der Waals surface area contributed by atoms with Crippen molar-refractivity contribution < 1.29 is 40.6 Å². The number of halogens is 6. The first kappa shape index (κ1) is 18.5. The highest BCUT2D eigenvalue weighted by atomic mass is 32.2. The third kappa shape index (κ3) is 6.92. The molecule has 0 spiro atoms. The van der Waals surface area contributed by atoms with E-state index in [-0.39, 0.29) is 18.4 Å². The van der Waals surface area contributed by atoms with E-state index in [1.807, 2.05) is 0 Å². The van der Waals surface area contributed by atoms with Crippen LogP contribution < -0.4 is 4.74 Å². The first-order chi connectivity index (χ1) is 10.00. The summed E-state index contributed by atoms with van der Waals surface area (Å²) in [5, 5.41) is 0. The van der Waals surface area contributed by atoms with Crippen molar-refractivity contribution in [1.82, 2.24) is 0 Å². The van der Waals surface area contributed by atoms with Crippen molar-refractivity contribution in [2.75, 3.05) is 7.11 Å². The number of hydrogen-bond acceptors (Lipinski definition) is 4. The Bertz CT molecular complexity index is 527. The maximum absolute atomic E-state index is 12.3. The zero-order valence-electron chi connectivity index (χ0n) is 11.0. The van der Waals surface area contributed by atoms with Gasteiger partial charge in [0, 0.05) is 6.42 Å². The number of rotatable bonds is 5. The number of ether oxygens (including phenoxy) is 2. The van der Waals surface area contributed by atoms with Crippen molar-refractivity contribution in [3.05, 3.63) is 23.8 Å². The summed E-state index contributed by atoms with van der Waals surface area (Å²) in [6.45, 7) is 0. The van der Waals surface area contributed by atoms with Crippen molar-refractivity contribution in [3.8, 4) is 5.75 Å². The van der Waals surface area contributed by atoms with E-state index in [1.165, 1.54) is 6.07 Å². The normalized spacial score (nSPS) is 12.1. The molecule has 0 heterocycles. The molecule has 0 unspecified atom stereocenters. The molecular weight excluding hydrogens is 338 g/mol. The Morgan fingerprint density at radius 1 is 1.18 bits per heavy atom. The van der Waals surface area contributed by atoms with Crippen LogP contribution in [0.2, 0.25) is 0 Å². The summed E-state index contributed by atoms with van der Waals surface area (Å²) in [4.78, 5) is 10.3. The zero-order chi connectivity index (χ0) is 17.0. The molecule has 1 aromatic rings. The fourth-order valence-electron chi connectivity index (χ4n) is 1.47. The highest BCUT2D eigenvalue weighted by molar-refractivity contribution is 8.00. The van der Waals surface area contributed by atoms with Gasteiger partial charge in [-0.1, -0.05) is 6.07 Å². The number of alkyl halides is 6. The average Bonchev–Trinajstić information content (AvgIpc) is 2.35. The number of aryl methyl sites for hydroxylation is 1. The molecule has 0 amide bonds. The van der Waals surface area contributed by atoms with E-state index >= 15 is 0 Å². The molecule has 0 atom stereocenters. The third-order valence-electron chi connectivity index (χ3n) is 2.30. The van der Waals surface area contributed by atoms with Crippen LogP contribution in [0.25, 0.3) is 0 Å². The number of esters is 1. The van der Waals surface area contributed by atoms with Crippen LogP contribution in [-0.2, 0) is 16.0 Å². The van der Waals surface area contributed by atoms with Gasteiger partial charge >= 0.3 is 17.8 Å². The fraction of sp³-hybridized carbons (Fsp3) is 0.417. The second kappa shape index (κ2) is 7.12. The number of benzene rings is 1. The molecule has 1 aromatic carbocycles. The number of carbonyl (C=O) groups is 1. The maximum atomic E-state index is 12.3. The van der Waals surface area contributed by atoms with E-state index < -0.39 is 40.2 Å². The minimum absolute atomic E-state index is 0.0118. The van der Waals surface area contributed by atoms with Crippen LogP contribution >= 0.6 is 11.8 Å². The lowest BCUT2D eigenvalue weighted by molar-refractivity contribution is -0.275. The second-order valence-corrected chi connectivity index (χ2v) is 5.06. The largest absolute Gasteiger partial charge is 0.573 e. The SMILES string of the molecule is COC(=O)CCc1ccc(SC(F)(F)F)c(OC(F)(F)F)c1. The van der Waals surface area contributed by atoms with Crippen LogP contribution in [0.1, 0.15) is 12.0 Å². The Morgan fingerprint density at radius 2 is 1.82 bits per heavy atom. The highest BCUT2D eigenvalue weighted by Crippen LogP contribution is 2.43. The van der Waals surface area contributed by atoms with Gasteiger partial charge in [-0.2, -0.15) is 13.2 Å². The minimum Gasteiger partial charge on any atom is -0.469 e. The second-order valence-electron chi connectivity index (χ2n) is 3.95. The molecule has 0 N–H and O–H groups in total. The molecule has 3 nitrogen and oxygen atoms in total. The quantitative estimate of drug-likeness (QED) is 0.451. The lowest BCUT2D eigenvalue weighted by atomic mass is 10.1. The van der Waals surface area contributed by atoms with Gasteiger partial charge in [0.25, 0.3) is 0 Å². The van der Waals surface area contributed by atoms with Crippen molar-refractivity contribution >= 4 is 17.7 Å². The molecule has 0 aromatic heterocycles. The molecule has 0 aliphatic heterocycles. The predicted molar refractivity (Wildman–Crippen MR) is 65.4 cm³/mol. The van der Waals surface area contributed by atoms with E-state index in [9.17, 15) is 31.1 Å². The maximum Gasteiger partial charge on any atom is 0.573 e. The summed E-state index contributed by atoms with van der Waals surface area (Å²) in [5.74, 6) is -1.55. The summed E-state index contributed by atoms with van der Waals surface area (Å²) in [7, 11) is 1.14. The average molecular weight is 348 g/mol. The summed E-state index contributed by atoms with van der Waals surface area (Å²) in [6.07, 6.45) is -5.23. The number of hydrogen-bond donors (Lipinski definition) is 0. The van der Waals surface area contributed by atoms with E-state index in [4.69, 9.17) is 0 Å². The van der Waals surface area contributed by atoms with Crippen LogP contribution in [0.3, 0.4) is 0 Å². The molecule has 0 saturated carbocycles. The third-order valence-corrected chi connectivity index (χ3v) is 3.09. The monoisotopic (exact) mass is 348 g/mol. The molecule has 0 saturated heterocycles. The summed E-state index contributed by atoms with van der Waals surface area (Å²) >= 11 is -0.711. The van der Waals surface area contributed by atoms with Gasteiger partial charge in [-0.25, -0.2) is 0 Å². The Labute approximate surface area is 125 Å². The molecule has 0 bridgehead atoms. The van der Waals surface area contributed by atoms with Gasteiger partial charge in [0.15, 0.2) is 0 Å². The number of carbonyl (C=O) groups excluding carboxylic acids is 1. The van der Waals surface area contributed by atoms with Crippen LogP contribution in [0.15, 0.2) is 23.1 Å². The van der Waals surface area contributed by atoms with E-state index in [2.05, 4.69) is 9.47 Å². The smallest absolute Gasteiger partial charge is 0.469 e. The molecule has 0 aliphatic carbocycles. The van der Waals surface area contributed by atoms with Crippen molar-refractivity contribution in [2.45, 2.75) is 29.6 Å². The molecule has 124 valence electrons. The van der Waals surface area contributed by atoms with Gasteiger partial charge in [0.1, 0.15) is 5.75 Å². The predicted octanol–water partition coefficient (Wildman–Crippen LogP) is 4.30. The Kier molecular flexibility index (Phi) is 5.98. The first-order valence-electron chi connectivity index (χ1n) is 5.71. The molecule has 0 radical (unpaired) electrons. The molecule has 1 rings (SSSR count). The Morgan fingerprint density at radius 3 is 2.32 bits per heavy atom. The number of methoxy groups -OCH3 is 1. The summed E-state index contributed by atoms with van der Waals surface area (Å²) in [5.41, 5.74) is -4.53. The lowest BCUT2D eigenvalue weighted by Gasteiger charge is -2.15. The summed E-state index contributed by atoms with van der Waals surface area (Å²) in [6, 6.07) is 2.89. The molecule has 10 heteroatoms. The molecular formula is C12H10F6O3S. The Balaban J connectivity index is 3.00. The van der Waals surface area contributed by atoms with E-state index in [0.717, 1.165) is 19.2 Å². The lowest BCUT2D eigenvalue weighted by Crippen LogP contribution is -2.18. The zero-order valence-corrected chi connectivity index (χ0v) is 11.9. The highest BCUT2D eigenvalue weighted by Gasteiger charge is 2.35. The van der Waals surface area contributed by atoms with E-state index in [1.54, 1.807) is 0 Å². The van der Waals surface area contributed by atoms with Gasteiger partial charge in [-0.05, 0) is 35.9 Å². The minimum atomic E-state index is -5.12. The standard InChI is InChI=1S/C12H10F6O3S/c1-20-10(19)5-3-7-2-4-9(22-12(16,17)18)8(6-7)21-11(13,14)15/h2,4,6H,3,5H2,1H3. The van der Waals surface area contributed by atoms with Crippen molar-refractivity contribution in [1.29, 1.82) is 0 Å². The first-order valence-corrected chi connectivity index (χ1v) is 6.53. The van der Waals surface area contributed by atoms with Gasteiger partial charge in [-0.15, -0.1) is 13.2 Å². The molecule has 0 aliphatic rings. The van der Waals surface area contributed by atoms with Crippen molar-refractivity contribution in [2.24, 2.45) is 0 Å². The Hall–Kier alpha value is -1.58. The van der Waals surface area contributed by atoms with Gasteiger partial charge < -0.3 is 9.47 Å². The summed E-state index contributed by atoms with van der Waals surface area (Å²) < 4.78 is 81.7. The fourth-order valence-corrected chi connectivity index (χ4v) is 2.06. The van der Waals surface area contributed by atoms with Crippen LogP contribution in [0.4, 0.5) is 26.3 Å². The van der Waals surface area contributed by atoms with Crippen molar-refractivity contribution in [3.63, 3.8) is 0 Å². The molecule has 22 heavy (non-hydrogen) atoms. The van der Waals surface area contributed by atoms with Gasteiger partial charge in [0.2, 0.25) is 0 Å². The molecule has 0 fully saturated rings.